The van der Waals surface area contributed by atoms with Gasteiger partial charge in [0.25, 0.3) is 0 Å². The van der Waals surface area contributed by atoms with Crippen LogP contribution in [-0.4, -0.2) is 27.5 Å². The lowest BCUT2D eigenvalue weighted by atomic mass is 9.87. The molecule has 132 valence electrons. The number of rotatable bonds is 3. The van der Waals surface area contributed by atoms with E-state index in [0.717, 1.165) is 44.2 Å². The lowest BCUT2D eigenvalue weighted by Gasteiger charge is -2.36. The maximum Gasteiger partial charge on any atom is 0.249 e. The van der Waals surface area contributed by atoms with Crippen LogP contribution in [0.2, 0.25) is 0 Å². The van der Waals surface area contributed by atoms with Gasteiger partial charge in [0.05, 0.1) is 0 Å². The standard InChI is InChI=1S/C20H25N3O2/c24-20(16-11-5-2-6-12-16)23-14-8-7-13-17(23)19-21-18(22-25-19)15-9-3-1-4-10-15/h1,3-4,9-10,16-17H,2,5-8,11-14H2. The van der Waals surface area contributed by atoms with Crippen LogP contribution in [0.15, 0.2) is 34.9 Å². The Morgan fingerprint density at radius 1 is 1.00 bits per heavy atom. The van der Waals surface area contributed by atoms with Gasteiger partial charge in [0.2, 0.25) is 17.6 Å². The quantitative estimate of drug-likeness (QED) is 0.833. The highest BCUT2D eigenvalue weighted by atomic mass is 16.5. The zero-order valence-corrected chi connectivity index (χ0v) is 14.6. The number of hydrogen-bond acceptors (Lipinski definition) is 4. The van der Waals surface area contributed by atoms with E-state index in [1.807, 2.05) is 35.2 Å². The van der Waals surface area contributed by atoms with Crippen LogP contribution in [0, 0.1) is 5.92 Å². The SMILES string of the molecule is O=C(C1CCCCC1)N1CCCCC1c1nc(-c2ccccc2)no1. The first-order valence-corrected chi connectivity index (χ1v) is 9.52. The Labute approximate surface area is 148 Å². The molecule has 2 aromatic rings. The summed E-state index contributed by atoms with van der Waals surface area (Å²) in [5.41, 5.74) is 0.943. The highest BCUT2D eigenvalue weighted by molar-refractivity contribution is 5.79. The monoisotopic (exact) mass is 339 g/mol. The minimum absolute atomic E-state index is 0.0619. The molecule has 1 saturated heterocycles. The number of carbonyl (C=O) groups excluding carboxylic acids is 1. The van der Waals surface area contributed by atoms with Crippen molar-refractivity contribution >= 4 is 5.91 Å². The Morgan fingerprint density at radius 2 is 1.76 bits per heavy atom. The Balaban J connectivity index is 1.55. The van der Waals surface area contributed by atoms with Gasteiger partial charge in [-0.05, 0) is 32.1 Å². The molecule has 1 aromatic carbocycles. The van der Waals surface area contributed by atoms with Crippen molar-refractivity contribution in [3.8, 4) is 11.4 Å². The molecule has 4 rings (SSSR count). The molecule has 1 unspecified atom stereocenters. The third-order valence-corrected chi connectivity index (χ3v) is 5.50. The molecular weight excluding hydrogens is 314 g/mol. The lowest BCUT2D eigenvalue weighted by Crippen LogP contribution is -2.42. The zero-order valence-electron chi connectivity index (χ0n) is 14.6. The van der Waals surface area contributed by atoms with Crippen molar-refractivity contribution in [2.75, 3.05) is 6.54 Å². The van der Waals surface area contributed by atoms with Crippen molar-refractivity contribution in [1.82, 2.24) is 15.0 Å². The van der Waals surface area contributed by atoms with E-state index >= 15 is 0 Å². The lowest BCUT2D eigenvalue weighted by molar-refractivity contribution is -0.141. The molecule has 0 bridgehead atoms. The van der Waals surface area contributed by atoms with Crippen LogP contribution in [0.4, 0.5) is 0 Å². The van der Waals surface area contributed by atoms with Crippen LogP contribution in [0.1, 0.15) is 63.3 Å². The van der Waals surface area contributed by atoms with Gasteiger partial charge in [-0.25, -0.2) is 0 Å². The number of amides is 1. The van der Waals surface area contributed by atoms with Gasteiger partial charge in [-0.15, -0.1) is 0 Å². The molecule has 1 aliphatic carbocycles. The first-order valence-electron chi connectivity index (χ1n) is 9.52. The highest BCUT2D eigenvalue weighted by Crippen LogP contribution is 2.34. The summed E-state index contributed by atoms with van der Waals surface area (Å²) < 4.78 is 5.57. The summed E-state index contributed by atoms with van der Waals surface area (Å²) in [6.45, 7) is 0.809. The fraction of sp³-hybridized carbons (Fsp3) is 0.550. The molecule has 5 nitrogen and oxygen atoms in total. The number of hydrogen-bond donors (Lipinski definition) is 0. The van der Waals surface area contributed by atoms with Crippen molar-refractivity contribution < 1.29 is 9.32 Å². The van der Waals surface area contributed by atoms with Crippen LogP contribution in [0.25, 0.3) is 11.4 Å². The summed E-state index contributed by atoms with van der Waals surface area (Å²) >= 11 is 0. The summed E-state index contributed by atoms with van der Waals surface area (Å²) in [5, 5.41) is 4.14. The van der Waals surface area contributed by atoms with Gasteiger partial charge >= 0.3 is 0 Å². The number of likely N-dealkylation sites (tertiary alicyclic amines) is 1. The van der Waals surface area contributed by atoms with E-state index in [2.05, 4.69) is 10.1 Å². The molecule has 1 aromatic heterocycles. The molecule has 1 atom stereocenters. The van der Waals surface area contributed by atoms with Crippen LogP contribution in [-0.2, 0) is 4.79 Å². The maximum atomic E-state index is 13.0. The van der Waals surface area contributed by atoms with Crippen LogP contribution in [0.5, 0.6) is 0 Å². The number of carbonyl (C=O) groups is 1. The molecule has 2 aliphatic rings. The summed E-state index contributed by atoms with van der Waals surface area (Å²) in [4.78, 5) is 19.7. The second-order valence-corrected chi connectivity index (χ2v) is 7.20. The fourth-order valence-corrected chi connectivity index (χ4v) is 4.11. The third-order valence-electron chi connectivity index (χ3n) is 5.50. The predicted octanol–water partition coefficient (Wildman–Crippen LogP) is 4.37. The molecule has 0 spiro atoms. The van der Waals surface area contributed by atoms with Gasteiger partial charge in [0, 0.05) is 18.0 Å². The minimum atomic E-state index is -0.0619. The number of piperidine rings is 1. The second kappa shape index (κ2) is 7.38. The average molecular weight is 339 g/mol. The number of nitrogens with zero attached hydrogens (tertiary/aromatic N) is 3. The largest absolute Gasteiger partial charge is 0.337 e. The van der Waals surface area contributed by atoms with Gasteiger partial charge in [-0.1, -0.05) is 54.8 Å². The van der Waals surface area contributed by atoms with Gasteiger partial charge in [0.1, 0.15) is 6.04 Å². The first kappa shape index (κ1) is 16.3. The molecule has 2 heterocycles. The van der Waals surface area contributed by atoms with Crippen LogP contribution < -0.4 is 0 Å². The maximum absolute atomic E-state index is 13.0. The summed E-state index contributed by atoms with van der Waals surface area (Å²) in [5.74, 6) is 1.67. The average Bonchev–Trinajstić information content (AvgIpc) is 3.19. The third kappa shape index (κ3) is 3.46. The molecule has 1 saturated carbocycles. The topological polar surface area (TPSA) is 59.2 Å². The van der Waals surface area contributed by atoms with E-state index in [1.165, 1.54) is 19.3 Å². The van der Waals surface area contributed by atoms with Crippen molar-refractivity contribution in [1.29, 1.82) is 0 Å². The Bertz CT molecular complexity index is 707. The number of benzene rings is 1. The predicted molar refractivity (Wildman–Crippen MR) is 94.6 cm³/mol. The highest BCUT2D eigenvalue weighted by Gasteiger charge is 2.35. The Hall–Kier alpha value is -2.17. The summed E-state index contributed by atoms with van der Waals surface area (Å²) in [7, 11) is 0. The van der Waals surface area contributed by atoms with Gasteiger partial charge in [0.15, 0.2) is 0 Å². The Kier molecular flexibility index (Phi) is 4.81. The zero-order chi connectivity index (χ0) is 17.1. The normalized spacial score (nSPS) is 22.1. The summed E-state index contributed by atoms with van der Waals surface area (Å²) in [6.07, 6.45) is 8.74. The minimum Gasteiger partial charge on any atom is -0.337 e. The Morgan fingerprint density at radius 3 is 2.56 bits per heavy atom. The van der Waals surface area contributed by atoms with E-state index in [9.17, 15) is 4.79 Å². The van der Waals surface area contributed by atoms with Crippen LogP contribution in [0.3, 0.4) is 0 Å². The van der Waals surface area contributed by atoms with Crippen molar-refractivity contribution in [3.63, 3.8) is 0 Å². The van der Waals surface area contributed by atoms with E-state index < -0.39 is 0 Å². The van der Waals surface area contributed by atoms with Gasteiger partial charge in [-0.2, -0.15) is 4.98 Å². The smallest absolute Gasteiger partial charge is 0.249 e. The van der Waals surface area contributed by atoms with E-state index in [4.69, 9.17) is 4.52 Å². The molecule has 2 fully saturated rings. The molecule has 0 radical (unpaired) electrons. The molecular formula is C20H25N3O2. The van der Waals surface area contributed by atoms with Gasteiger partial charge in [-0.3, -0.25) is 4.79 Å². The molecule has 0 N–H and O–H groups in total. The van der Waals surface area contributed by atoms with E-state index in [1.54, 1.807) is 0 Å². The summed E-state index contributed by atoms with van der Waals surface area (Å²) in [6, 6.07) is 9.78. The molecule has 25 heavy (non-hydrogen) atoms. The van der Waals surface area contributed by atoms with E-state index in [-0.39, 0.29) is 12.0 Å². The number of aromatic nitrogens is 2. The molecule has 5 heteroatoms. The molecule has 1 aliphatic heterocycles. The van der Waals surface area contributed by atoms with Crippen molar-refractivity contribution in [2.24, 2.45) is 5.92 Å². The van der Waals surface area contributed by atoms with E-state index in [0.29, 0.717) is 17.6 Å². The van der Waals surface area contributed by atoms with Crippen LogP contribution >= 0.6 is 0 Å². The van der Waals surface area contributed by atoms with Crippen molar-refractivity contribution in [3.05, 3.63) is 36.2 Å². The van der Waals surface area contributed by atoms with Crippen molar-refractivity contribution in [2.45, 2.75) is 57.4 Å². The van der Waals surface area contributed by atoms with Gasteiger partial charge < -0.3 is 9.42 Å². The second-order valence-electron chi connectivity index (χ2n) is 7.20. The molecule has 1 amide bonds. The fourth-order valence-electron chi connectivity index (χ4n) is 4.11. The first-order chi connectivity index (χ1) is 12.3.